The van der Waals surface area contributed by atoms with Crippen LogP contribution in [-0.2, 0) is 17.4 Å². The standard InChI is InChI=1S/C11H11F3N2O3/c1-15(2)10(17)5-7-3-4-8(11(12,13)14)6-9(7)16(18)19/h3-4,6H,5H2,1-2H3. The molecule has 0 heterocycles. The minimum Gasteiger partial charge on any atom is -0.349 e. The first-order valence-corrected chi connectivity index (χ1v) is 5.17. The average molecular weight is 276 g/mol. The number of nitro groups is 1. The number of rotatable bonds is 3. The van der Waals surface area contributed by atoms with Crippen molar-refractivity contribution >= 4 is 11.6 Å². The van der Waals surface area contributed by atoms with Crippen molar-refractivity contribution in [2.75, 3.05) is 14.1 Å². The molecule has 1 aromatic carbocycles. The first-order valence-electron chi connectivity index (χ1n) is 5.17. The van der Waals surface area contributed by atoms with Crippen LogP contribution in [0.5, 0.6) is 0 Å². The summed E-state index contributed by atoms with van der Waals surface area (Å²) in [6.07, 6.45) is -4.98. The molecule has 0 aromatic heterocycles. The van der Waals surface area contributed by atoms with Gasteiger partial charge in [-0.15, -0.1) is 0 Å². The topological polar surface area (TPSA) is 63.5 Å². The molecule has 5 nitrogen and oxygen atoms in total. The molecular formula is C11H11F3N2O3. The van der Waals surface area contributed by atoms with Gasteiger partial charge in [-0.05, 0) is 6.07 Å². The lowest BCUT2D eigenvalue weighted by Crippen LogP contribution is -2.24. The number of benzene rings is 1. The van der Waals surface area contributed by atoms with Gasteiger partial charge in [0.25, 0.3) is 5.69 Å². The molecule has 0 saturated heterocycles. The first kappa shape index (κ1) is 14.9. The highest BCUT2D eigenvalue weighted by atomic mass is 19.4. The maximum Gasteiger partial charge on any atom is 0.416 e. The van der Waals surface area contributed by atoms with Crippen LogP contribution in [0.15, 0.2) is 18.2 Å². The van der Waals surface area contributed by atoms with Gasteiger partial charge < -0.3 is 4.90 Å². The number of nitro benzene ring substituents is 1. The Morgan fingerprint density at radius 3 is 2.37 bits per heavy atom. The number of hydrogen-bond acceptors (Lipinski definition) is 3. The fourth-order valence-corrected chi connectivity index (χ4v) is 1.38. The van der Waals surface area contributed by atoms with Crippen molar-refractivity contribution in [3.63, 3.8) is 0 Å². The normalized spacial score (nSPS) is 11.2. The van der Waals surface area contributed by atoms with E-state index in [1.165, 1.54) is 19.0 Å². The maximum atomic E-state index is 12.5. The van der Waals surface area contributed by atoms with E-state index in [-0.39, 0.29) is 12.0 Å². The second-order valence-corrected chi connectivity index (χ2v) is 4.06. The predicted molar refractivity (Wildman–Crippen MR) is 60.5 cm³/mol. The number of carbonyl (C=O) groups is 1. The Morgan fingerprint density at radius 1 is 1.37 bits per heavy atom. The third-order valence-corrected chi connectivity index (χ3v) is 2.45. The minimum atomic E-state index is -4.66. The van der Waals surface area contributed by atoms with E-state index in [1.807, 2.05) is 0 Å². The Labute approximate surface area is 106 Å². The Hall–Kier alpha value is -2.12. The second-order valence-electron chi connectivity index (χ2n) is 4.06. The van der Waals surface area contributed by atoms with Gasteiger partial charge in [-0.3, -0.25) is 14.9 Å². The Balaban J connectivity index is 3.20. The molecule has 0 aliphatic carbocycles. The van der Waals surface area contributed by atoms with E-state index < -0.39 is 28.3 Å². The summed E-state index contributed by atoms with van der Waals surface area (Å²) >= 11 is 0. The molecule has 1 amide bonds. The minimum absolute atomic E-state index is 0.0447. The zero-order valence-corrected chi connectivity index (χ0v) is 10.2. The molecule has 0 bridgehead atoms. The molecule has 1 aromatic rings. The monoisotopic (exact) mass is 276 g/mol. The third-order valence-electron chi connectivity index (χ3n) is 2.45. The van der Waals surface area contributed by atoms with Crippen LogP contribution in [0.4, 0.5) is 18.9 Å². The number of alkyl halides is 3. The van der Waals surface area contributed by atoms with Crippen molar-refractivity contribution in [3.05, 3.63) is 39.4 Å². The number of likely N-dealkylation sites (N-methyl/N-ethyl adjacent to an activating group) is 1. The molecular weight excluding hydrogens is 265 g/mol. The van der Waals surface area contributed by atoms with Crippen LogP contribution in [0.1, 0.15) is 11.1 Å². The predicted octanol–water partition coefficient (Wildman–Crippen LogP) is 2.24. The van der Waals surface area contributed by atoms with E-state index in [9.17, 15) is 28.1 Å². The fourth-order valence-electron chi connectivity index (χ4n) is 1.38. The van der Waals surface area contributed by atoms with Gasteiger partial charge in [0.05, 0.1) is 16.9 Å². The lowest BCUT2D eigenvalue weighted by Gasteiger charge is -2.11. The van der Waals surface area contributed by atoms with E-state index in [4.69, 9.17) is 0 Å². The largest absolute Gasteiger partial charge is 0.416 e. The number of nitrogens with zero attached hydrogens (tertiary/aromatic N) is 2. The summed E-state index contributed by atoms with van der Waals surface area (Å²) in [4.78, 5) is 22.5. The second kappa shape index (κ2) is 5.25. The number of hydrogen-bond donors (Lipinski definition) is 0. The van der Waals surface area contributed by atoms with E-state index in [2.05, 4.69) is 0 Å². The smallest absolute Gasteiger partial charge is 0.349 e. The van der Waals surface area contributed by atoms with Gasteiger partial charge in [-0.25, -0.2) is 0 Å². The highest BCUT2D eigenvalue weighted by Gasteiger charge is 2.33. The number of halogens is 3. The average Bonchev–Trinajstić information content (AvgIpc) is 2.27. The Bertz CT molecular complexity index is 512. The van der Waals surface area contributed by atoms with Crippen molar-refractivity contribution in [1.29, 1.82) is 0 Å². The van der Waals surface area contributed by atoms with Crippen LogP contribution >= 0.6 is 0 Å². The summed E-state index contributed by atoms with van der Waals surface area (Å²) in [7, 11) is 2.91. The SMILES string of the molecule is CN(C)C(=O)Cc1ccc(C(F)(F)F)cc1[N+](=O)[O-]. The maximum absolute atomic E-state index is 12.5. The summed E-state index contributed by atoms with van der Waals surface area (Å²) in [5.41, 5.74) is -1.86. The van der Waals surface area contributed by atoms with Gasteiger partial charge in [0, 0.05) is 25.7 Å². The molecule has 0 aliphatic rings. The lowest BCUT2D eigenvalue weighted by molar-refractivity contribution is -0.385. The molecule has 0 spiro atoms. The van der Waals surface area contributed by atoms with Gasteiger partial charge in [0.15, 0.2) is 0 Å². The molecule has 0 radical (unpaired) electrons. The summed E-state index contributed by atoms with van der Waals surface area (Å²) in [6, 6.07) is 2.13. The van der Waals surface area contributed by atoms with Gasteiger partial charge in [-0.1, -0.05) is 6.07 Å². The Kier molecular flexibility index (Phi) is 4.13. The van der Waals surface area contributed by atoms with E-state index in [1.54, 1.807) is 0 Å². The highest BCUT2D eigenvalue weighted by molar-refractivity contribution is 5.79. The quantitative estimate of drug-likeness (QED) is 0.628. The van der Waals surface area contributed by atoms with Gasteiger partial charge in [0.1, 0.15) is 0 Å². The molecule has 1 rings (SSSR count). The van der Waals surface area contributed by atoms with Crippen LogP contribution in [0.25, 0.3) is 0 Å². The highest BCUT2D eigenvalue weighted by Crippen LogP contribution is 2.33. The molecule has 8 heteroatoms. The van der Waals surface area contributed by atoms with Gasteiger partial charge in [0.2, 0.25) is 5.91 Å². The van der Waals surface area contributed by atoms with Crippen LogP contribution in [0, 0.1) is 10.1 Å². The fraction of sp³-hybridized carbons (Fsp3) is 0.364. The van der Waals surface area contributed by atoms with Crippen LogP contribution in [0.3, 0.4) is 0 Å². The molecule has 0 fully saturated rings. The van der Waals surface area contributed by atoms with Gasteiger partial charge in [-0.2, -0.15) is 13.2 Å². The molecule has 0 atom stereocenters. The lowest BCUT2D eigenvalue weighted by atomic mass is 10.1. The zero-order valence-electron chi connectivity index (χ0n) is 10.2. The summed E-state index contributed by atoms with van der Waals surface area (Å²) in [6.45, 7) is 0. The summed E-state index contributed by atoms with van der Waals surface area (Å²) < 4.78 is 37.4. The summed E-state index contributed by atoms with van der Waals surface area (Å²) in [5, 5.41) is 10.8. The molecule has 104 valence electrons. The summed E-state index contributed by atoms with van der Waals surface area (Å²) in [5.74, 6) is -0.428. The van der Waals surface area contributed by atoms with Crippen LogP contribution < -0.4 is 0 Å². The molecule has 0 aliphatic heterocycles. The van der Waals surface area contributed by atoms with Crippen molar-refractivity contribution in [1.82, 2.24) is 4.90 Å². The molecule has 0 unspecified atom stereocenters. The van der Waals surface area contributed by atoms with Crippen LogP contribution in [-0.4, -0.2) is 29.8 Å². The first-order chi connectivity index (χ1) is 8.62. The molecule has 0 N–H and O–H groups in total. The van der Waals surface area contributed by atoms with Crippen molar-refractivity contribution in [3.8, 4) is 0 Å². The van der Waals surface area contributed by atoms with E-state index >= 15 is 0 Å². The van der Waals surface area contributed by atoms with Crippen molar-refractivity contribution in [2.45, 2.75) is 12.6 Å². The molecule has 0 saturated carbocycles. The van der Waals surface area contributed by atoms with E-state index in [0.29, 0.717) is 6.07 Å². The molecule has 19 heavy (non-hydrogen) atoms. The van der Waals surface area contributed by atoms with Crippen molar-refractivity contribution < 1.29 is 22.9 Å². The van der Waals surface area contributed by atoms with Crippen LogP contribution in [0.2, 0.25) is 0 Å². The number of carbonyl (C=O) groups excluding carboxylic acids is 1. The third kappa shape index (κ3) is 3.67. The number of amides is 1. The van der Waals surface area contributed by atoms with Crippen molar-refractivity contribution in [2.24, 2.45) is 0 Å². The van der Waals surface area contributed by atoms with Gasteiger partial charge >= 0.3 is 6.18 Å². The zero-order chi connectivity index (χ0) is 14.8. The Morgan fingerprint density at radius 2 is 1.95 bits per heavy atom. The van der Waals surface area contributed by atoms with E-state index in [0.717, 1.165) is 12.1 Å².